The van der Waals surface area contributed by atoms with Gasteiger partial charge in [-0.15, -0.1) is 0 Å². The van der Waals surface area contributed by atoms with Crippen LogP contribution >= 0.6 is 11.3 Å². The van der Waals surface area contributed by atoms with Crippen LogP contribution in [0, 0.1) is 0 Å². The molecule has 28 heavy (non-hydrogen) atoms. The number of carbonyl (C=O) groups excluding carboxylic acids is 1. The van der Waals surface area contributed by atoms with E-state index in [9.17, 15) is 4.79 Å². The molecule has 140 valence electrons. The molecule has 4 nitrogen and oxygen atoms in total. The molecule has 0 saturated heterocycles. The summed E-state index contributed by atoms with van der Waals surface area (Å²) in [6.07, 6.45) is 1.95. The van der Waals surface area contributed by atoms with Crippen LogP contribution in [-0.4, -0.2) is 22.2 Å². The Labute approximate surface area is 168 Å². The predicted molar refractivity (Wildman–Crippen MR) is 113 cm³/mol. The molecule has 2 heterocycles. The minimum absolute atomic E-state index is 0.00242. The molecule has 2 aromatic carbocycles. The Kier molecular flexibility index (Phi) is 5.64. The van der Waals surface area contributed by atoms with Crippen molar-refractivity contribution in [2.24, 2.45) is 0 Å². The predicted octanol–water partition coefficient (Wildman–Crippen LogP) is 4.56. The van der Waals surface area contributed by atoms with E-state index in [0.717, 1.165) is 22.4 Å². The molecule has 0 spiro atoms. The van der Waals surface area contributed by atoms with Crippen LogP contribution in [0.1, 0.15) is 17.0 Å². The second kappa shape index (κ2) is 8.67. The van der Waals surface area contributed by atoms with Crippen LogP contribution in [0.4, 0.5) is 0 Å². The van der Waals surface area contributed by atoms with E-state index in [-0.39, 0.29) is 11.8 Å². The number of amides is 1. The number of hydrogen-bond acceptors (Lipinski definition) is 3. The molecule has 2 aromatic heterocycles. The van der Waals surface area contributed by atoms with Gasteiger partial charge in [0, 0.05) is 23.7 Å². The number of nitrogens with one attached hydrogen (secondary N) is 1. The molecule has 0 aliphatic heterocycles. The van der Waals surface area contributed by atoms with Crippen molar-refractivity contribution in [2.45, 2.75) is 12.5 Å². The third kappa shape index (κ3) is 4.21. The van der Waals surface area contributed by atoms with Gasteiger partial charge in [0.25, 0.3) is 0 Å². The zero-order valence-electron chi connectivity index (χ0n) is 15.4. The summed E-state index contributed by atoms with van der Waals surface area (Å²) in [6.45, 7) is 1.16. The molecular weight excluding hydrogens is 366 g/mol. The van der Waals surface area contributed by atoms with Gasteiger partial charge >= 0.3 is 0 Å². The molecule has 0 saturated carbocycles. The summed E-state index contributed by atoms with van der Waals surface area (Å²) >= 11 is 1.66. The zero-order chi connectivity index (χ0) is 19.2. The number of thiophene rings is 1. The Morgan fingerprint density at radius 1 is 0.964 bits per heavy atom. The lowest BCUT2D eigenvalue weighted by Gasteiger charge is -2.18. The van der Waals surface area contributed by atoms with Crippen molar-refractivity contribution < 1.29 is 4.79 Å². The summed E-state index contributed by atoms with van der Waals surface area (Å²) in [6, 6.07) is 23.8. The van der Waals surface area contributed by atoms with Crippen molar-refractivity contribution in [3.05, 3.63) is 101 Å². The molecule has 4 aromatic rings. The first-order chi connectivity index (χ1) is 13.8. The molecule has 4 rings (SSSR count). The van der Waals surface area contributed by atoms with Crippen molar-refractivity contribution in [1.82, 2.24) is 15.1 Å². The molecule has 0 bridgehead atoms. The van der Waals surface area contributed by atoms with E-state index < -0.39 is 0 Å². The fourth-order valence-corrected chi connectivity index (χ4v) is 3.88. The van der Waals surface area contributed by atoms with E-state index in [2.05, 4.69) is 21.9 Å². The van der Waals surface area contributed by atoms with E-state index >= 15 is 0 Å². The smallest absolute Gasteiger partial charge is 0.232 e. The first-order valence-electron chi connectivity index (χ1n) is 9.25. The average Bonchev–Trinajstić information content (AvgIpc) is 3.42. The Morgan fingerprint density at radius 3 is 2.25 bits per heavy atom. The zero-order valence-corrected chi connectivity index (χ0v) is 16.2. The molecule has 5 heteroatoms. The second-order valence-corrected chi connectivity index (χ2v) is 7.30. The summed E-state index contributed by atoms with van der Waals surface area (Å²) in [7, 11) is 0. The van der Waals surface area contributed by atoms with Crippen LogP contribution in [-0.2, 0) is 11.3 Å². The van der Waals surface area contributed by atoms with Gasteiger partial charge in [-0.25, -0.2) is 0 Å². The number of benzene rings is 2. The number of rotatable bonds is 7. The number of aromatic nitrogens is 2. The van der Waals surface area contributed by atoms with Crippen molar-refractivity contribution in [3.63, 3.8) is 0 Å². The number of carbonyl (C=O) groups is 1. The molecule has 0 unspecified atom stereocenters. The molecule has 1 amide bonds. The highest BCUT2D eigenvalue weighted by atomic mass is 32.1. The fourth-order valence-electron chi connectivity index (χ4n) is 3.23. The highest BCUT2D eigenvalue weighted by molar-refractivity contribution is 7.08. The summed E-state index contributed by atoms with van der Waals surface area (Å²) in [5.74, 6) is -0.316. The minimum Gasteiger partial charge on any atom is -0.353 e. The SMILES string of the molecule is O=C(NCCn1ccc(-c2ccsc2)n1)C(c1ccccc1)c1ccccc1. The van der Waals surface area contributed by atoms with Gasteiger partial charge in [0.05, 0.1) is 18.2 Å². The summed E-state index contributed by atoms with van der Waals surface area (Å²) in [5, 5.41) is 11.8. The molecule has 0 atom stereocenters. The van der Waals surface area contributed by atoms with Crippen LogP contribution < -0.4 is 5.32 Å². The van der Waals surface area contributed by atoms with Gasteiger partial charge in [-0.3, -0.25) is 9.48 Å². The van der Waals surface area contributed by atoms with E-state index in [0.29, 0.717) is 13.1 Å². The van der Waals surface area contributed by atoms with Gasteiger partial charge in [-0.2, -0.15) is 16.4 Å². The van der Waals surface area contributed by atoms with E-state index in [1.165, 1.54) is 0 Å². The molecule has 1 N–H and O–H groups in total. The van der Waals surface area contributed by atoms with E-state index in [1.54, 1.807) is 11.3 Å². The number of nitrogens with zero attached hydrogens (tertiary/aromatic N) is 2. The lowest BCUT2D eigenvalue weighted by atomic mass is 9.90. The average molecular weight is 388 g/mol. The molecule has 0 radical (unpaired) electrons. The largest absolute Gasteiger partial charge is 0.353 e. The van der Waals surface area contributed by atoms with Crippen molar-refractivity contribution in [2.75, 3.05) is 6.54 Å². The lowest BCUT2D eigenvalue weighted by Crippen LogP contribution is -2.32. The molecule has 0 aliphatic rings. The Morgan fingerprint density at radius 2 is 1.64 bits per heavy atom. The summed E-state index contributed by atoms with van der Waals surface area (Å²) in [5.41, 5.74) is 4.06. The van der Waals surface area contributed by atoms with Crippen LogP contribution in [0.25, 0.3) is 11.3 Å². The van der Waals surface area contributed by atoms with Gasteiger partial charge in [-0.1, -0.05) is 60.7 Å². The first kappa shape index (κ1) is 18.2. The van der Waals surface area contributed by atoms with Crippen LogP contribution in [0.5, 0.6) is 0 Å². The van der Waals surface area contributed by atoms with Crippen molar-refractivity contribution >= 4 is 17.2 Å². The summed E-state index contributed by atoms with van der Waals surface area (Å²) < 4.78 is 1.87. The topological polar surface area (TPSA) is 46.9 Å². The summed E-state index contributed by atoms with van der Waals surface area (Å²) in [4.78, 5) is 13.0. The lowest BCUT2D eigenvalue weighted by molar-refractivity contribution is -0.121. The van der Waals surface area contributed by atoms with Gasteiger partial charge in [0.2, 0.25) is 5.91 Å². The standard InChI is InChI=1S/C23H21N3OS/c27-23(22(18-7-3-1-4-8-18)19-9-5-2-6-10-19)24-13-15-26-14-11-21(25-26)20-12-16-28-17-20/h1-12,14,16-17,22H,13,15H2,(H,24,27). The Balaban J connectivity index is 1.42. The molecular formula is C23H21N3OS. The quantitative estimate of drug-likeness (QED) is 0.505. The van der Waals surface area contributed by atoms with Crippen LogP contribution in [0.3, 0.4) is 0 Å². The Bertz CT molecular complexity index is 971. The maximum atomic E-state index is 13.0. The minimum atomic E-state index is -0.318. The van der Waals surface area contributed by atoms with Crippen molar-refractivity contribution in [3.8, 4) is 11.3 Å². The van der Waals surface area contributed by atoms with Crippen LogP contribution in [0.15, 0.2) is 89.8 Å². The van der Waals surface area contributed by atoms with Gasteiger partial charge in [0.1, 0.15) is 0 Å². The van der Waals surface area contributed by atoms with E-state index in [1.807, 2.05) is 83.0 Å². The highest BCUT2D eigenvalue weighted by Gasteiger charge is 2.22. The first-order valence-corrected chi connectivity index (χ1v) is 10.2. The Hall–Kier alpha value is -3.18. The highest BCUT2D eigenvalue weighted by Crippen LogP contribution is 2.24. The van der Waals surface area contributed by atoms with Gasteiger partial charge < -0.3 is 5.32 Å². The van der Waals surface area contributed by atoms with Crippen LogP contribution in [0.2, 0.25) is 0 Å². The van der Waals surface area contributed by atoms with Gasteiger partial charge in [0.15, 0.2) is 0 Å². The maximum absolute atomic E-state index is 13.0. The monoisotopic (exact) mass is 387 g/mol. The van der Waals surface area contributed by atoms with E-state index in [4.69, 9.17) is 0 Å². The van der Waals surface area contributed by atoms with Crippen molar-refractivity contribution in [1.29, 1.82) is 0 Å². The molecule has 0 aliphatic carbocycles. The fraction of sp³-hybridized carbons (Fsp3) is 0.130. The second-order valence-electron chi connectivity index (χ2n) is 6.52. The molecule has 0 fully saturated rings. The third-order valence-electron chi connectivity index (χ3n) is 4.63. The normalized spacial score (nSPS) is 10.9. The van der Waals surface area contributed by atoms with Gasteiger partial charge in [-0.05, 0) is 28.6 Å². The number of hydrogen-bond donors (Lipinski definition) is 1. The third-order valence-corrected chi connectivity index (χ3v) is 5.31. The maximum Gasteiger partial charge on any atom is 0.232 e.